The molecule has 0 aliphatic rings. The van der Waals surface area contributed by atoms with Crippen LogP contribution >= 0.6 is 11.6 Å². The fourth-order valence-electron chi connectivity index (χ4n) is 2.29. The normalized spacial score (nSPS) is 10.7. The Kier molecular flexibility index (Phi) is 4.62. The van der Waals surface area contributed by atoms with Gasteiger partial charge < -0.3 is 15.6 Å². The van der Waals surface area contributed by atoms with E-state index < -0.39 is 11.4 Å². The lowest BCUT2D eigenvalue weighted by molar-refractivity contribution is -0.114. The minimum absolute atomic E-state index is 0.0991. The third kappa shape index (κ3) is 3.92. The maximum Gasteiger partial charge on any atom is 0.253 e. The molecular formula is C16H13ClFN5O2. The molecule has 25 heavy (non-hydrogen) atoms. The minimum Gasteiger partial charge on any atom is -0.350 e. The molecule has 0 spiro atoms. The SMILES string of the molecule is CC(=O)Nc1ccnc(NCc2cc3cc(Cl)cc(F)c3[nH]c2=O)n1. The minimum atomic E-state index is -0.592. The van der Waals surface area contributed by atoms with Crippen LogP contribution in [0.15, 0.2) is 35.3 Å². The molecule has 0 atom stereocenters. The number of nitrogens with one attached hydrogen (secondary N) is 3. The van der Waals surface area contributed by atoms with Gasteiger partial charge in [0.15, 0.2) is 0 Å². The summed E-state index contributed by atoms with van der Waals surface area (Å²) in [6.07, 6.45) is 1.47. The number of hydrogen-bond donors (Lipinski definition) is 3. The maximum atomic E-state index is 13.8. The molecule has 0 saturated heterocycles. The van der Waals surface area contributed by atoms with E-state index >= 15 is 0 Å². The highest BCUT2D eigenvalue weighted by Crippen LogP contribution is 2.21. The summed E-state index contributed by atoms with van der Waals surface area (Å²) in [6.45, 7) is 1.48. The number of anilines is 2. The van der Waals surface area contributed by atoms with Crippen LogP contribution in [0.5, 0.6) is 0 Å². The Balaban J connectivity index is 1.85. The molecular weight excluding hydrogens is 349 g/mol. The van der Waals surface area contributed by atoms with Crippen molar-refractivity contribution in [1.82, 2.24) is 15.0 Å². The van der Waals surface area contributed by atoms with Crippen LogP contribution in [0.4, 0.5) is 16.2 Å². The first-order valence-corrected chi connectivity index (χ1v) is 7.65. The van der Waals surface area contributed by atoms with Crippen molar-refractivity contribution >= 4 is 40.2 Å². The first-order valence-electron chi connectivity index (χ1n) is 7.28. The van der Waals surface area contributed by atoms with Crippen molar-refractivity contribution in [3.05, 3.63) is 57.2 Å². The number of H-pyrrole nitrogens is 1. The highest BCUT2D eigenvalue weighted by Gasteiger charge is 2.09. The smallest absolute Gasteiger partial charge is 0.253 e. The third-order valence-corrected chi connectivity index (χ3v) is 3.56. The van der Waals surface area contributed by atoms with E-state index in [2.05, 4.69) is 25.6 Å². The van der Waals surface area contributed by atoms with Crippen LogP contribution in [0.2, 0.25) is 5.02 Å². The first kappa shape index (κ1) is 16.8. The van der Waals surface area contributed by atoms with Gasteiger partial charge in [0.05, 0.1) is 5.52 Å². The Morgan fingerprint density at radius 3 is 2.92 bits per heavy atom. The summed E-state index contributed by atoms with van der Waals surface area (Å²) in [6, 6.07) is 5.79. The molecule has 7 nitrogen and oxygen atoms in total. The number of hydrogen-bond acceptors (Lipinski definition) is 5. The zero-order chi connectivity index (χ0) is 18.0. The molecule has 9 heteroatoms. The van der Waals surface area contributed by atoms with Gasteiger partial charge in [-0.25, -0.2) is 9.37 Å². The Morgan fingerprint density at radius 2 is 2.16 bits per heavy atom. The number of halogens is 2. The Hall–Kier alpha value is -3.00. The number of fused-ring (bicyclic) bond motifs is 1. The number of pyridine rings is 1. The first-order chi connectivity index (χ1) is 11.9. The summed E-state index contributed by atoms with van der Waals surface area (Å²) in [5.41, 5.74) is 0.0315. The molecule has 0 radical (unpaired) electrons. The predicted octanol–water partition coefficient (Wildman–Crippen LogP) is 2.68. The van der Waals surface area contributed by atoms with Gasteiger partial charge in [0.1, 0.15) is 11.6 Å². The second-order valence-electron chi connectivity index (χ2n) is 5.28. The largest absolute Gasteiger partial charge is 0.350 e. The number of carbonyl (C=O) groups excluding carboxylic acids is 1. The average Bonchev–Trinajstić information content (AvgIpc) is 2.53. The summed E-state index contributed by atoms with van der Waals surface area (Å²) in [5.74, 6) is -0.269. The van der Waals surface area contributed by atoms with Crippen molar-refractivity contribution in [2.75, 3.05) is 10.6 Å². The van der Waals surface area contributed by atoms with Crippen LogP contribution in [0.25, 0.3) is 10.9 Å². The van der Waals surface area contributed by atoms with Crippen LogP contribution in [0.3, 0.4) is 0 Å². The van der Waals surface area contributed by atoms with E-state index in [1.807, 2.05) is 0 Å². The molecule has 128 valence electrons. The third-order valence-electron chi connectivity index (χ3n) is 3.34. The topological polar surface area (TPSA) is 99.8 Å². The van der Waals surface area contributed by atoms with Gasteiger partial charge in [-0.15, -0.1) is 0 Å². The number of amides is 1. The zero-order valence-electron chi connectivity index (χ0n) is 13.1. The van der Waals surface area contributed by atoms with Crippen LogP contribution in [0.1, 0.15) is 12.5 Å². The van der Waals surface area contributed by atoms with Gasteiger partial charge in [0, 0.05) is 35.6 Å². The quantitative estimate of drug-likeness (QED) is 0.663. The number of nitrogens with zero attached hydrogens (tertiary/aromatic N) is 2. The number of aromatic amines is 1. The van der Waals surface area contributed by atoms with Gasteiger partial charge in [-0.2, -0.15) is 4.98 Å². The van der Waals surface area contributed by atoms with Crippen molar-refractivity contribution in [2.24, 2.45) is 0 Å². The van der Waals surface area contributed by atoms with Crippen LogP contribution in [-0.4, -0.2) is 20.9 Å². The van der Waals surface area contributed by atoms with E-state index in [0.29, 0.717) is 16.8 Å². The molecule has 0 aliphatic carbocycles. The number of rotatable bonds is 4. The number of aromatic nitrogens is 3. The lowest BCUT2D eigenvalue weighted by Crippen LogP contribution is -2.17. The highest BCUT2D eigenvalue weighted by molar-refractivity contribution is 6.31. The molecule has 0 saturated carbocycles. The van der Waals surface area contributed by atoms with E-state index in [4.69, 9.17) is 11.6 Å². The van der Waals surface area contributed by atoms with E-state index in [1.165, 1.54) is 13.1 Å². The molecule has 2 heterocycles. The monoisotopic (exact) mass is 361 g/mol. The summed E-state index contributed by atoms with van der Waals surface area (Å²) >= 11 is 5.85. The highest BCUT2D eigenvalue weighted by atomic mass is 35.5. The van der Waals surface area contributed by atoms with E-state index in [-0.39, 0.29) is 28.9 Å². The van der Waals surface area contributed by atoms with Crippen molar-refractivity contribution in [3.63, 3.8) is 0 Å². The van der Waals surface area contributed by atoms with Crippen LogP contribution < -0.4 is 16.2 Å². The standard InChI is InChI=1S/C16H13ClFN5O2/c1-8(24)21-13-2-3-19-16(22-13)20-7-10-4-9-5-11(17)6-12(18)14(9)23-15(10)25/h2-6H,7H2,1H3,(H,23,25)(H2,19,20,21,22,24). The zero-order valence-corrected chi connectivity index (χ0v) is 13.8. The van der Waals surface area contributed by atoms with Crippen LogP contribution in [0, 0.1) is 5.82 Å². The van der Waals surface area contributed by atoms with Crippen molar-refractivity contribution < 1.29 is 9.18 Å². The Morgan fingerprint density at radius 1 is 1.36 bits per heavy atom. The Labute approximate surface area is 146 Å². The molecule has 3 N–H and O–H groups in total. The lowest BCUT2D eigenvalue weighted by atomic mass is 10.1. The number of carbonyl (C=O) groups is 1. The molecule has 0 aliphatic heterocycles. The molecule has 1 aromatic carbocycles. The maximum absolute atomic E-state index is 13.8. The molecule has 0 unspecified atom stereocenters. The number of benzene rings is 1. The summed E-state index contributed by atoms with van der Waals surface area (Å²) in [4.78, 5) is 33.8. The van der Waals surface area contributed by atoms with Gasteiger partial charge in [0.2, 0.25) is 11.9 Å². The molecule has 0 fully saturated rings. The van der Waals surface area contributed by atoms with E-state index in [1.54, 1.807) is 18.2 Å². The van der Waals surface area contributed by atoms with E-state index in [9.17, 15) is 14.0 Å². The van der Waals surface area contributed by atoms with Crippen molar-refractivity contribution in [2.45, 2.75) is 13.5 Å². The van der Waals surface area contributed by atoms with Gasteiger partial charge in [0.25, 0.3) is 5.56 Å². The van der Waals surface area contributed by atoms with Gasteiger partial charge >= 0.3 is 0 Å². The molecule has 2 aromatic heterocycles. The van der Waals surface area contributed by atoms with Gasteiger partial charge in [-0.1, -0.05) is 11.6 Å². The molecule has 3 rings (SSSR count). The second-order valence-corrected chi connectivity index (χ2v) is 5.71. The van der Waals surface area contributed by atoms with Gasteiger partial charge in [-0.05, 0) is 24.3 Å². The fourth-order valence-corrected chi connectivity index (χ4v) is 2.50. The predicted molar refractivity (Wildman–Crippen MR) is 93.2 cm³/mol. The molecule has 0 bridgehead atoms. The van der Waals surface area contributed by atoms with Crippen molar-refractivity contribution in [1.29, 1.82) is 0 Å². The molecule has 1 amide bonds. The lowest BCUT2D eigenvalue weighted by Gasteiger charge is -2.08. The van der Waals surface area contributed by atoms with Crippen molar-refractivity contribution in [3.8, 4) is 0 Å². The average molecular weight is 362 g/mol. The Bertz CT molecular complexity index is 1020. The van der Waals surface area contributed by atoms with E-state index in [0.717, 1.165) is 6.07 Å². The summed E-state index contributed by atoms with van der Waals surface area (Å²) < 4.78 is 13.8. The second kappa shape index (κ2) is 6.86. The van der Waals surface area contributed by atoms with Crippen LogP contribution in [-0.2, 0) is 11.3 Å². The fraction of sp³-hybridized carbons (Fsp3) is 0.125. The summed E-state index contributed by atoms with van der Waals surface area (Å²) in [7, 11) is 0. The summed E-state index contributed by atoms with van der Waals surface area (Å²) in [5, 5.41) is 6.15. The molecule has 3 aromatic rings. The van der Waals surface area contributed by atoms with Gasteiger partial charge in [-0.3, -0.25) is 9.59 Å².